The minimum absolute atomic E-state index is 0.0494. The molecule has 0 spiro atoms. The van der Waals surface area contributed by atoms with Crippen molar-refractivity contribution in [3.05, 3.63) is 15.8 Å². The number of aryl methyl sites for hydroxylation is 1. The zero-order valence-electron chi connectivity index (χ0n) is 12.0. The van der Waals surface area contributed by atoms with Crippen LogP contribution < -0.4 is 4.72 Å². The molecule has 1 aliphatic carbocycles. The maximum Gasteiger partial charge on any atom is 0.345 e. The van der Waals surface area contributed by atoms with Gasteiger partial charge in [0.1, 0.15) is 4.88 Å². The maximum atomic E-state index is 12.4. The lowest BCUT2D eigenvalue weighted by molar-refractivity contribution is 0.0702. The van der Waals surface area contributed by atoms with Crippen LogP contribution in [0.1, 0.15) is 40.7 Å². The van der Waals surface area contributed by atoms with Crippen molar-refractivity contribution in [3.63, 3.8) is 0 Å². The lowest BCUT2D eigenvalue weighted by atomic mass is 10.3. The number of carboxylic acids is 1. The van der Waals surface area contributed by atoms with Crippen molar-refractivity contribution in [1.29, 1.82) is 0 Å². The summed E-state index contributed by atoms with van der Waals surface area (Å²) in [6.07, 6.45) is 2.70. The van der Waals surface area contributed by atoms with Crippen LogP contribution in [-0.2, 0) is 10.0 Å². The first kappa shape index (κ1) is 16.8. The fourth-order valence-corrected chi connectivity index (χ4v) is 6.41. The van der Waals surface area contributed by atoms with Gasteiger partial charge in [0.05, 0.1) is 4.90 Å². The standard InChI is InChI=1S/C13H19NO4S3/c1-3-19-10-5-4-9(6-10)14-21(17,18)12-7-11(13(15)16)20-8(12)2/h7,9-10,14H,3-6H2,1-2H3,(H,15,16). The molecule has 8 heteroatoms. The fourth-order valence-electron chi connectivity index (χ4n) is 2.55. The molecule has 21 heavy (non-hydrogen) atoms. The van der Waals surface area contributed by atoms with Gasteiger partial charge in [-0.15, -0.1) is 11.3 Å². The number of carboxylic acid groups (broad SMARTS) is 1. The predicted molar refractivity (Wildman–Crippen MR) is 85.9 cm³/mol. The summed E-state index contributed by atoms with van der Waals surface area (Å²) in [6, 6.07) is 1.20. The van der Waals surface area contributed by atoms with Crippen molar-refractivity contribution in [2.75, 3.05) is 5.75 Å². The van der Waals surface area contributed by atoms with Crippen molar-refractivity contribution in [3.8, 4) is 0 Å². The van der Waals surface area contributed by atoms with Crippen LogP contribution in [0.4, 0.5) is 0 Å². The molecule has 1 fully saturated rings. The molecule has 0 saturated heterocycles. The van der Waals surface area contributed by atoms with Crippen molar-refractivity contribution in [1.82, 2.24) is 4.72 Å². The van der Waals surface area contributed by atoms with E-state index in [9.17, 15) is 13.2 Å². The molecule has 0 amide bonds. The van der Waals surface area contributed by atoms with Gasteiger partial charge in [-0.05, 0) is 38.0 Å². The molecule has 1 aromatic heterocycles. The summed E-state index contributed by atoms with van der Waals surface area (Å²) < 4.78 is 27.5. The number of hydrogen-bond donors (Lipinski definition) is 2. The number of sulfonamides is 1. The molecule has 0 aromatic carbocycles. The van der Waals surface area contributed by atoms with E-state index in [1.807, 2.05) is 11.8 Å². The number of hydrogen-bond acceptors (Lipinski definition) is 5. The summed E-state index contributed by atoms with van der Waals surface area (Å²) >= 11 is 2.86. The third-order valence-corrected chi connectivity index (χ3v) is 7.53. The smallest absolute Gasteiger partial charge is 0.345 e. The van der Waals surface area contributed by atoms with E-state index < -0.39 is 16.0 Å². The Bertz CT molecular complexity index is 623. The maximum absolute atomic E-state index is 12.4. The molecule has 0 aliphatic heterocycles. The van der Waals surface area contributed by atoms with E-state index in [4.69, 9.17) is 5.11 Å². The lowest BCUT2D eigenvalue weighted by Gasteiger charge is -2.13. The second-order valence-corrected chi connectivity index (χ2v) is 9.56. The minimum Gasteiger partial charge on any atom is -0.477 e. The van der Waals surface area contributed by atoms with Crippen LogP contribution in [0.2, 0.25) is 0 Å². The first-order valence-corrected chi connectivity index (χ1v) is 10.2. The van der Waals surface area contributed by atoms with E-state index in [1.165, 1.54) is 6.07 Å². The average molecular weight is 349 g/mol. The number of rotatable bonds is 6. The summed E-state index contributed by atoms with van der Waals surface area (Å²) in [7, 11) is -3.64. The Hall–Kier alpha value is -0.570. The van der Waals surface area contributed by atoms with Gasteiger partial charge in [-0.25, -0.2) is 17.9 Å². The van der Waals surface area contributed by atoms with Gasteiger partial charge >= 0.3 is 5.97 Å². The molecular weight excluding hydrogens is 330 g/mol. The van der Waals surface area contributed by atoms with Crippen molar-refractivity contribution in [2.45, 2.75) is 49.3 Å². The molecule has 2 unspecified atom stereocenters. The normalized spacial score (nSPS) is 22.6. The molecule has 5 nitrogen and oxygen atoms in total. The average Bonchev–Trinajstić information content (AvgIpc) is 2.96. The molecule has 1 saturated carbocycles. The summed E-state index contributed by atoms with van der Waals surface area (Å²) in [6.45, 7) is 3.74. The Morgan fingerprint density at radius 3 is 2.81 bits per heavy atom. The zero-order valence-corrected chi connectivity index (χ0v) is 14.4. The highest BCUT2D eigenvalue weighted by molar-refractivity contribution is 7.99. The van der Waals surface area contributed by atoms with E-state index in [0.29, 0.717) is 10.1 Å². The van der Waals surface area contributed by atoms with E-state index in [-0.39, 0.29) is 15.8 Å². The third-order valence-electron chi connectivity index (χ3n) is 3.48. The van der Waals surface area contributed by atoms with Gasteiger partial charge in [0.15, 0.2) is 0 Å². The first-order valence-electron chi connectivity index (χ1n) is 6.81. The molecular formula is C13H19NO4S3. The molecule has 0 bridgehead atoms. The Labute approximate surface area is 133 Å². The molecule has 1 aliphatic rings. The monoisotopic (exact) mass is 349 g/mol. The number of carbonyl (C=O) groups is 1. The van der Waals surface area contributed by atoms with Crippen LogP contribution in [0.3, 0.4) is 0 Å². The number of nitrogens with one attached hydrogen (secondary N) is 1. The van der Waals surface area contributed by atoms with Crippen molar-refractivity contribution >= 4 is 39.1 Å². The quantitative estimate of drug-likeness (QED) is 0.825. The van der Waals surface area contributed by atoms with Crippen LogP contribution >= 0.6 is 23.1 Å². The Morgan fingerprint density at radius 1 is 1.52 bits per heavy atom. The van der Waals surface area contributed by atoms with E-state index in [2.05, 4.69) is 11.6 Å². The highest BCUT2D eigenvalue weighted by atomic mass is 32.2. The van der Waals surface area contributed by atoms with Crippen LogP contribution in [0.15, 0.2) is 11.0 Å². The number of thioether (sulfide) groups is 1. The Kier molecular flexibility index (Phi) is 5.34. The molecule has 2 atom stereocenters. The van der Waals surface area contributed by atoms with E-state index in [0.717, 1.165) is 36.4 Å². The fraction of sp³-hybridized carbons (Fsp3) is 0.615. The van der Waals surface area contributed by atoms with Gasteiger partial charge in [-0.3, -0.25) is 0 Å². The Morgan fingerprint density at radius 2 is 2.24 bits per heavy atom. The topological polar surface area (TPSA) is 83.5 Å². The zero-order chi connectivity index (χ0) is 15.6. The van der Waals surface area contributed by atoms with Gasteiger partial charge in [0.2, 0.25) is 10.0 Å². The lowest BCUT2D eigenvalue weighted by Crippen LogP contribution is -2.33. The highest BCUT2D eigenvalue weighted by Gasteiger charge is 2.30. The molecule has 1 heterocycles. The molecule has 2 N–H and O–H groups in total. The summed E-state index contributed by atoms with van der Waals surface area (Å²) in [4.78, 5) is 11.6. The Balaban J connectivity index is 2.11. The SMILES string of the molecule is CCSC1CCC(NS(=O)(=O)c2cc(C(=O)O)sc2C)C1. The summed E-state index contributed by atoms with van der Waals surface area (Å²) in [5.74, 6) is -0.0553. The molecule has 118 valence electrons. The van der Waals surface area contributed by atoms with Crippen LogP contribution in [0, 0.1) is 6.92 Å². The van der Waals surface area contributed by atoms with E-state index in [1.54, 1.807) is 6.92 Å². The predicted octanol–water partition coefficient (Wildman–Crippen LogP) is 2.71. The van der Waals surface area contributed by atoms with Crippen molar-refractivity contribution < 1.29 is 18.3 Å². The van der Waals surface area contributed by atoms with Gasteiger partial charge in [0.25, 0.3) is 0 Å². The van der Waals surface area contributed by atoms with Crippen LogP contribution in [0.5, 0.6) is 0 Å². The number of aromatic carboxylic acids is 1. The second-order valence-electron chi connectivity index (χ2n) is 5.04. The van der Waals surface area contributed by atoms with Gasteiger partial charge in [0, 0.05) is 16.2 Å². The largest absolute Gasteiger partial charge is 0.477 e. The summed E-state index contributed by atoms with van der Waals surface area (Å²) in [5, 5.41) is 9.47. The van der Waals surface area contributed by atoms with Gasteiger partial charge < -0.3 is 5.11 Å². The van der Waals surface area contributed by atoms with Gasteiger partial charge in [-0.2, -0.15) is 11.8 Å². The molecule has 0 radical (unpaired) electrons. The van der Waals surface area contributed by atoms with Crippen LogP contribution in [0.25, 0.3) is 0 Å². The number of thiophene rings is 1. The minimum atomic E-state index is -3.64. The molecule has 2 rings (SSSR count). The van der Waals surface area contributed by atoms with Crippen LogP contribution in [-0.4, -0.2) is 36.5 Å². The van der Waals surface area contributed by atoms with E-state index >= 15 is 0 Å². The van der Waals surface area contributed by atoms with Gasteiger partial charge in [-0.1, -0.05) is 6.92 Å². The van der Waals surface area contributed by atoms with Crippen molar-refractivity contribution in [2.24, 2.45) is 0 Å². The third kappa shape index (κ3) is 4.00. The second kappa shape index (κ2) is 6.68. The summed E-state index contributed by atoms with van der Waals surface area (Å²) in [5.41, 5.74) is 0. The highest BCUT2D eigenvalue weighted by Crippen LogP contribution is 2.32. The molecule has 1 aromatic rings. The first-order chi connectivity index (χ1) is 9.83.